The van der Waals surface area contributed by atoms with Crippen molar-refractivity contribution in [3.63, 3.8) is 0 Å². The summed E-state index contributed by atoms with van der Waals surface area (Å²) in [6.07, 6.45) is 2.05. The second-order valence-electron chi connectivity index (χ2n) is 4.46. The van der Waals surface area contributed by atoms with Gasteiger partial charge in [0.1, 0.15) is 6.04 Å². The van der Waals surface area contributed by atoms with Gasteiger partial charge in [-0.05, 0) is 31.9 Å². The predicted molar refractivity (Wildman–Crippen MR) is 69.5 cm³/mol. The lowest BCUT2D eigenvalue weighted by Crippen LogP contribution is -2.45. The van der Waals surface area contributed by atoms with Gasteiger partial charge in [-0.1, -0.05) is 23.7 Å². The van der Waals surface area contributed by atoms with E-state index in [1.165, 1.54) is 0 Å². The first-order chi connectivity index (χ1) is 8.58. The lowest BCUT2D eigenvalue weighted by atomic mass is 10.2. The third kappa shape index (κ3) is 3.23. The van der Waals surface area contributed by atoms with Crippen LogP contribution in [-0.2, 0) is 4.79 Å². The zero-order valence-corrected chi connectivity index (χ0v) is 10.8. The average Bonchev–Trinajstić information content (AvgIpc) is 3.13. The Hall–Kier alpha value is -1.55. The molecule has 2 rings (SSSR count). The van der Waals surface area contributed by atoms with Crippen LogP contribution in [0.2, 0.25) is 5.02 Å². The van der Waals surface area contributed by atoms with Crippen LogP contribution >= 0.6 is 11.6 Å². The second kappa shape index (κ2) is 5.40. The van der Waals surface area contributed by atoms with Crippen molar-refractivity contribution >= 4 is 23.4 Å². The van der Waals surface area contributed by atoms with Gasteiger partial charge in [-0.3, -0.25) is 9.59 Å². The van der Waals surface area contributed by atoms with E-state index in [0.29, 0.717) is 10.6 Å². The number of rotatable bonds is 4. The molecule has 5 heteroatoms. The number of amides is 2. The Morgan fingerprint density at radius 2 is 2.00 bits per heavy atom. The summed E-state index contributed by atoms with van der Waals surface area (Å²) in [5, 5.41) is 5.85. The van der Waals surface area contributed by atoms with Gasteiger partial charge in [0, 0.05) is 6.04 Å². The predicted octanol–water partition coefficient (Wildman–Crippen LogP) is 1.74. The molecule has 0 saturated heterocycles. The molecule has 0 spiro atoms. The van der Waals surface area contributed by atoms with Crippen LogP contribution in [0.3, 0.4) is 0 Å². The summed E-state index contributed by atoms with van der Waals surface area (Å²) in [7, 11) is 0. The van der Waals surface area contributed by atoms with E-state index in [1.54, 1.807) is 31.2 Å². The van der Waals surface area contributed by atoms with Gasteiger partial charge in [-0.2, -0.15) is 0 Å². The van der Waals surface area contributed by atoms with Crippen molar-refractivity contribution in [2.75, 3.05) is 0 Å². The molecule has 18 heavy (non-hydrogen) atoms. The molecular formula is C13H15ClN2O2. The Morgan fingerprint density at radius 3 is 2.61 bits per heavy atom. The van der Waals surface area contributed by atoms with Crippen molar-refractivity contribution < 1.29 is 9.59 Å². The number of hydrogen-bond acceptors (Lipinski definition) is 2. The first-order valence-corrected chi connectivity index (χ1v) is 6.31. The zero-order chi connectivity index (χ0) is 13.1. The summed E-state index contributed by atoms with van der Waals surface area (Å²) in [5.74, 6) is -0.489. The molecule has 1 unspecified atom stereocenters. The van der Waals surface area contributed by atoms with E-state index in [2.05, 4.69) is 10.6 Å². The molecule has 0 heterocycles. The van der Waals surface area contributed by atoms with Crippen LogP contribution in [0.25, 0.3) is 0 Å². The third-order valence-electron chi connectivity index (χ3n) is 2.78. The Kier molecular flexibility index (Phi) is 3.87. The Balaban J connectivity index is 1.94. The van der Waals surface area contributed by atoms with E-state index in [9.17, 15) is 9.59 Å². The minimum Gasteiger partial charge on any atom is -0.352 e. The summed E-state index contributed by atoms with van der Waals surface area (Å²) in [4.78, 5) is 23.6. The lowest BCUT2D eigenvalue weighted by molar-refractivity contribution is -0.122. The number of carbonyl (C=O) groups excluding carboxylic acids is 2. The molecule has 1 fully saturated rings. The van der Waals surface area contributed by atoms with Crippen LogP contribution < -0.4 is 10.6 Å². The van der Waals surface area contributed by atoms with Crippen molar-refractivity contribution in [2.24, 2.45) is 0 Å². The summed E-state index contributed by atoms with van der Waals surface area (Å²) < 4.78 is 0. The molecule has 1 aliphatic carbocycles. The minimum atomic E-state index is -0.561. The number of hydrogen-bond donors (Lipinski definition) is 2. The molecule has 1 atom stereocenters. The summed E-state index contributed by atoms with van der Waals surface area (Å²) >= 11 is 5.92. The van der Waals surface area contributed by atoms with Crippen LogP contribution in [0, 0.1) is 0 Å². The van der Waals surface area contributed by atoms with Gasteiger partial charge in [0.05, 0.1) is 10.6 Å². The van der Waals surface area contributed by atoms with Crippen LogP contribution in [0.5, 0.6) is 0 Å². The van der Waals surface area contributed by atoms with Crippen molar-refractivity contribution in [3.8, 4) is 0 Å². The fourth-order valence-electron chi connectivity index (χ4n) is 1.54. The number of carbonyl (C=O) groups is 2. The van der Waals surface area contributed by atoms with Crippen molar-refractivity contribution in [1.82, 2.24) is 10.6 Å². The molecule has 0 radical (unpaired) electrons. The van der Waals surface area contributed by atoms with E-state index in [4.69, 9.17) is 11.6 Å². The number of nitrogens with one attached hydrogen (secondary N) is 2. The third-order valence-corrected chi connectivity index (χ3v) is 3.11. The van der Waals surface area contributed by atoms with Gasteiger partial charge in [0.2, 0.25) is 5.91 Å². The van der Waals surface area contributed by atoms with E-state index in [1.807, 2.05) is 0 Å². The summed E-state index contributed by atoms with van der Waals surface area (Å²) in [6, 6.07) is 6.48. The maximum atomic E-state index is 11.9. The SMILES string of the molecule is CC(NC(=O)c1ccccc1Cl)C(=O)NC1CC1. The fourth-order valence-corrected chi connectivity index (χ4v) is 1.76. The molecule has 2 N–H and O–H groups in total. The molecule has 0 aliphatic heterocycles. The molecule has 1 aromatic rings. The van der Waals surface area contributed by atoms with Crippen LogP contribution in [0.15, 0.2) is 24.3 Å². The zero-order valence-electron chi connectivity index (χ0n) is 10.1. The van der Waals surface area contributed by atoms with Crippen molar-refractivity contribution in [2.45, 2.75) is 31.8 Å². The van der Waals surface area contributed by atoms with Gasteiger partial charge in [-0.15, -0.1) is 0 Å². The van der Waals surface area contributed by atoms with E-state index >= 15 is 0 Å². The standard InChI is InChI=1S/C13H15ClN2O2/c1-8(12(17)16-9-6-7-9)15-13(18)10-4-2-3-5-11(10)14/h2-5,8-9H,6-7H2,1H3,(H,15,18)(H,16,17). The molecule has 1 aliphatic rings. The first kappa shape index (κ1) is 12.9. The minimum absolute atomic E-state index is 0.155. The fraction of sp³-hybridized carbons (Fsp3) is 0.385. The maximum Gasteiger partial charge on any atom is 0.253 e. The van der Waals surface area contributed by atoms with Crippen LogP contribution in [0.4, 0.5) is 0 Å². The maximum absolute atomic E-state index is 11.9. The quantitative estimate of drug-likeness (QED) is 0.872. The van der Waals surface area contributed by atoms with Gasteiger partial charge < -0.3 is 10.6 Å². The van der Waals surface area contributed by atoms with E-state index in [0.717, 1.165) is 12.8 Å². The second-order valence-corrected chi connectivity index (χ2v) is 4.87. The molecule has 0 aromatic heterocycles. The van der Waals surface area contributed by atoms with Crippen LogP contribution in [-0.4, -0.2) is 23.9 Å². The first-order valence-electron chi connectivity index (χ1n) is 5.93. The van der Waals surface area contributed by atoms with Crippen LogP contribution in [0.1, 0.15) is 30.1 Å². The van der Waals surface area contributed by atoms with Gasteiger partial charge in [0.25, 0.3) is 5.91 Å². The molecule has 4 nitrogen and oxygen atoms in total. The highest BCUT2D eigenvalue weighted by Crippen LogP contribution is 2.18. The molecule has 96 valence electrons. The Bertz CT molecular complexity index is 472. The Morgan fingerprint density at radius 1 is 1.33 bits per heavy atom. The molecule has 0 bridgehead atoms. The highest BCUT2D eigenvalue weighted by Gasteiger charge is 2.26. The van der Waals surface area contributed by atoms with Gasteiger partial charge >= 0.3 is 0 Å². The van der Waals surface area contributed by atoms with Gasteiger partial charge in [-0.25, -0.2) is 0 Å². The Labute approximate surface area is 111 Å². The number of benzene rings is 1. The lowest BCUT2D eigenvalue weighted by Gasteiger charge is -2.14. The number of halogens is 1. The summed E-state index contributed by atoms with van der Waals surface area (Å²) in [5.41, 5.74) is 0.380. The van der Waals surface area contributed by atoms with Crippen molar-refractivity contribution in [1.29, 1.82) is 0 Å². The monoisotopic (exact) mass is 266 g/mol. The van der Waals surface area contributed by atoms with E-state index < -0.39 is 6.04 Å². The highest BCUT2D eigenvalue weighted by molar-refractivity contribution is 6.33. The average molecular weight is 267 g/mol. The molecule has 1 aromatic carbocycles. The molecule has 2 amide bonds. The van der Waals surface area contributed by atoms with Crippen molar-refractivity contribution in [3.05, 3.63) is 34.9 Å². The largest absolute Gasteiger partial charge is 0.352 e. The summed E-state index contributed by atoms with van der Waals surface area (Å²) in [6.45, 7) is 1.66. The smallest absolute Gasteiger partial charge is 0.253 e. The van der Waals surface area contributed by atoms with Gasteiger partial charge in [0.15, 0.2) is 0 Å². The molecular weight excluding hydrogens is 252 g/mol. The molecule has 1 saturated carbocycles. The van der Waals surface area contributed by atoms with E-state index in [-0.39, 0.29) is 17.9 Å². The topological polar surface area (TPSA) is 58.2 Å². The normalized spacial score (nSPS) is 15.9. The highest BCUT2D eigenvalue weighted by atomic mass is 35.5.